The molecule has 0 bridgehead atoms. The van der Waals surface area contributed by atoms with Gasteiger partial charge in [0.15, 0.2) is 0 Å². The van der Waals surface area contributed by atoms with Crippen LogP contribution in [0.4, 0.5) is 0 Å². The zero-order chi connectivity index (χ0) is 8.57. The standard InChI is InChI=1S/2C4H8O.2H2O.Ti/c2*1-4(2)3-5;;;/h2*5H,1,3H2,2H3;2*1H2;. The number of hydrogen-bond acceptors (Lipinski definition) is 2. The van der Waals surface area contributed by atoms with Crippen LogP contribution in [0.15, 0.2) is 24.3 Å². The summed E-state index contributed by atoms with van der Waals surface area (Å²) in [7, 11) is 0. The molecule has 0 aliphatic rings. The van der Waals surface area contributed by atoms with Crippen molar-refractivity contribution in [1.29, 1.82) is 0 Å². The van der Waals surface area contributed by atoms with Gasteiger partial charge in [0.2, 0.25) is 0 Å². The van der Waals surface area contributed by atoms with E-state index in [1.165, 1.54) is 0 Å². The van der Waals surface area contributed by atoms with Gasteiger partial charge in [0.1, 0.15) is 0 Å². The van der Waals surface area contributed by atoms with Crippen molar-refractivity contribution in [2.75, 3.05) is 13.2 Å². The molecular formula is C8H20O4Ti. The Hall–Kier alpha value is 0.0343. The fourth-order valence-electron chi connectivity index (χ4n) is 0. The van der Waals surface area contributed by atoms with Gasteiger partial charge in [-0.3, -0.25) is 0 Å². The van der Waals surface area contributed by atoms with E-state index >= 15 is 0 Å². The largest absolute Gasteiger partial charge is 0.412 e. The predicted molar refractivity (Wildman–Crippen MR) is 51.0 cm³/mol. The zero-order valence-electron chi connectivity index (χ0n) is 8.22. The van der Waals surface area contributed by atoms with Crippen molar-refractivity contribution in [3.63, 3.8) is 0 Å². The minimum atomic E-state index is 0. The summed E-state index contributed by atoms with van der Waals surface area (Å²) in [5, 5.41) is 16.1. The molecule has 0 radical (unpaired) electrons. The maximum atomic E-state index is 8.04. The van der Waals surface area contributed by atoms with E-state index in [0.29, 0.717) is 0 Å². The summed E-state index contributed by atoms with van der Waals surface area (Å²) < 4.78 is 0. The third kappa shape index (κ3) is 74.4. The molecule has 6 N–H and O–H groups in total. The number of aliphatic hydroxyl groups is 2. The average Bonchev–Trinajstić information content (AvgIpc) is 1.89. The Bertz CT molecular complexity index is 101. The summed E-state index contributed by atoms with van der Waals surface area (Å²) in [6, 6.07) is 0. The van der Waals surface area contributed by atoms with Crippen LogP contribution in [0.25, 0.3) is 0 Å². The first kappa shape index (κ1) is 29.2. The van der Waals surface area contributed by atoms with Gasteiger partial charge in [0, 0.05) is 21.7 Å². The van der Waals surface area contributed by atoms with Crippen molar-refractivity contribution >= 4 is 0 Å². The molecule has 0 spiro atoms. The number of rotatable bonds is 2. The molecule has 0 aromatic rings. The van der Waals surface area contributed by atoms with Crippen LogP contribution < -0.4 is 0 Å². The Balaban J connectivity index is -0.0000000267. The van der Waals surface area contributed by atoms with Gasteiger partial charge in [-0.1, -0.05) is 24.3 Å². The zero-order valence-corrected chi connectivity index (χ0v) is 9.78. The first-order valence-electron chi connectivity index (χ1n) is 3.05. The van der Waals surface area contributed by atoms with E-state index in [2.05, 4.69) is 13.2 Å². The average molecular weight is 228 g/mol. The fraction of sp³-hybridized carbons (Fsp3) is 0.500. The molecule has 0 heterocycles. The molecule has 0 saturated heterocycles. The third-order valence-corrected chi connectivity index (χ3v) is 0.540. The van der Waals surface area contributed by atoms with E-state index in [4.69, 9.17) is 10.2 Å². The van der Waals surface area contributed by atoms with Crippen molar-refractivity contribution in [3.8, 4) is 0 Å². The Morgan fingerprint density at radius 2 is 1.00 bits per heavy atom. The van der Waals surface area contributed by atoms with Crippen LogP contribution >= 0.6 is 0 Å². The molecule has 0 atom stereocenters. The molecule has 0 aliphatic carbocycles. The van der Waals surface area contributed by atoms with E-state index in [1.807, 2.05) is 0 Å². The molecule has 0 aromatic heterocycles. The summed E-state index contributed by atoms with van der Waals surface area (Å²) in [6.07, 6.45) is 0. The summed E-state index contributed by atoms with van der Waals surface area (Å²) in [5.41, 5.74) is 1.62. The molecule has 0 fully saturated rings. The molecule has 80 valence electrons. The van der Waals surface area contributed by atoms with Crippen LogP contribution in [0.3, 0.4) is 0 Å². The Labute approximate surface area is 94.5 Å². The Kier molecular flexibility index (Phi) is 51.1. The third-order valence-electron chi connectivity index (χ3n) is 0.540. The fourth-order valence-corrected chi connectivity index (χ4v) is 0. The summed E-state index contributed by atoms with van der Waals surface area (Å²) in [5.74, 6) is 0. The van der Waals surface area contributed by atoms with Gasteiger partial charge in [0.25, 0.3) is 0 Å². The van der Waals surface area contributed by atoms with Gasteiger partial charge in [-0.15, -0.1) is 0 Å². The SMILES string of the molecule is C=C(C)CO.C=C(C)CO.O.O.[Ti]. The summed E-state index contributed by atoms with van der Waals surface area (Å²) in [6.45, 7) is 10.6. The predicted octanol–water partition coefficient (Wildman–Crippen LogP) is -0.542. The van der Waals surface area contributed by atoms with E-state index in [1.54, 1.807) is 13.8 Å². The minimum absolute atomic E-state index is 0. The molecule has 0 aromatic carbocycles. The van der Waals surface area contributed by atoms with Crippen molar-refractivity contribution in [2.45, 2.75) is 13.8 Å². The van der Waals surface area contributed by atoms with E-state index in [-0.39, 0.29) is 45.9 Å². The monoisotopic (exact) mass is 228 g/mol. The molecule has 4 nitrogen and oxygen atoms in total. The van der Waals surface area contributed by atoms with Gasteiger partial charge in [-0.25, -0.2) is 0 Å². The van der Waals surface area contributed by atoms with Crippen LogP contribution in [0.2, 0.25) is 0 Å². The molecular weight excluding hydrogens is 208 g/mol. The quantitative estimate of drug-likeness (QED) is 0.489. The maximum Gasteiger partial charge on any atom is 0.0636 e. The summed E-state index contributed by atoms with van der Waals surface area (Å²) in [4.78, 5) is 0. The van der Waals surface area contributed by atoms with Crippen LogP contribution in [0, 0.1) is 0 Å². The van der Waals surface area contributed by atoms with Crippen LogP contribution in [-0.2, 0) is 21.7 Å². The molecule has 0 amide bonds. The smallest absolute Gasteiger partial charge is 0.0636 e. The molecule has 0 saturated carbocycles. The molecule has 0 aliphatic heterocycles. The van der Waals surface area contributed by atoms with E-state index in [0.717, 1.165) is 11.1 Å². The number of aliphatic hydroxyl groups excluding tert-OH is 2. The van der Waals surface area contributed by atoms with Gasteiger partial charge in [-0.05, 0) is 13.8 Å². The second-order valence-corrected chi connectivity index (χ2v) is 2.23. The second-order valence-electron chi connectivity index (χ2n) is 2.23. The van der Waals surface area contributed by atoms with Crippen molar-refractivity contribution < 1.29 is 42.9 Å². The van der Waals surface area contributed by atoms with Crippen LogP contribution in [-0.4, -0.2) is 34.4 Å². The Morgan fingerprint density at radius 1 is 0.923 bits per heavy atom. The van der Waals surface area contributed by atoms with Crippen molar-refractivity contribution in [3.05, 3.63) is 24.3 Å². The van der Waals surface area contributed by atoms with E-state index in [9.17, 15) is 0 Å². The first-order valence-corrected chi connectivity index (χ1v) is 3.05. The van der Waals surface area contributed by atoms with E-state index < -0.39 is 0 Å². The second kappa shape index (κ2) is 22.7. The first-order chi connectivity index (χ1) is 4.54. The molecule has 5 heteroatoms. The van der Waals surface area contributed by atoms with Crippen LogP contribution in [0.5, 0.6) is 0 Å². The molecule has 0 unspecified atom stereocenters. The van der Waals surface area contributed by atoms with Gasteiger partial charge >= 0.3 is 0 Å². The maximum absolute atomic E-state index is 8.04. The van der Waals surface area contributed by atoms with Gasteiger partial charge < -0.3 is 21.2 Å². The van der Waals surface area contributed by atoms with Crippen LogP contribution in [0.1, 0.15) is 13.8 Å². The number of hydrogen-bond donors (Lipinski definition) is 2. The topological polar surface area (TPSA) is 103 Å². The summed E-state index contributed by atoms with van der Waals surface area (Å²) >= 11 is 0. The van der Waals surface area contributed by atoms with Crippen molar-refractivity contribution in [2.24, 2.45) is 0 Å². The normalized spacial score (nSPS) is 5.85. The van der Waals surface area contributed by atoms with Gasteiger partial charge in [-0.2, -0.15) is 0 Å². The Morgan fingerprint density at radius 3 is 1.00 bits per heavy atom. The van der Waals surface area contributed by atoms with Gasteiger partial charge in [0.05, 0.1) is 13.2 Å². The molecule has 0 rings (SSSR count). The minimum Gasteiger partial charge on any atom is -0.412 e. The van der Waals surface area contributed by atoms with Crippen molar-refractivity contribution in [1.82, 2.24) is 0 Å². The molecule has 13 heavy (non-hydrogen) atoms.